The van der Waals surface area contributed by atoms with Crippen LogP contribution >= 0.6 is 11.8 Å². The van der Waals surface area contributed by atoms with Crippen LogP contribution in [0.15, 0.2) is 39.7 Å². The predicted octanol–water partition coefficient (Wildman–Crippen LogP) is 5.38. The number of furan rings is 1. The van der Waals surface area contributed by atoms with Crippen LogP contribution in [0.4, 0.5) is 10.5 Å². The number of aryl methyl sites for hydroxylation is 2. The molecule has 1 atom stereocenters. The number of benzene rings is 1. The third-order valence-corrected chi connectivity index (χ3v) is 5.69. The van der Waals surface area contributed by atoms with E-state index in [-0.39, 0.29) is 5.91 Å². The molecule has 0 spiro atoms. The molecule has 1 aliphatic rings. The number of hydrogen-bond donors (Lipinski definition) is 2. The van der Waals surface area contributed by atoms with Crippen molar-refractivity contribution in [2.24, 2.45) is 4.99 Å². The minimum Gasteiger partial charge on any atom is -0.466 e. The zero-order chi connectivity index (χ0) is 22.8. The molecule has 2 N–H and O–H groups in total. The first-order valence-corrected chi connectivity index (χ1v) is 11.2. The van der Waals surface area contributed by atoms with E-state index < -0.39 is 17.2 Å². The molecule has 0 radical (unpaired) electrons. The molecule has 8 heteroatoms. The summed E-state index contributed by atoms with van der Waals surface area (Å²) < 4.78 is 10.8. The first kappa shape index (κ1) is 22.9. The molecule has 2 heterocycles. The van der Waals surface area contributed by atoms with Crippen LogP contribution in [-0.4, -0.2) is 28.5 Å². The lowest BCUT2D eigenvalue weighted by molar-refractivity contribution is 0.0564. The number of hydrogen-bond acceptors (Lipinski definition) is 6. The lowest BCUT2D eigenvalue weighted by Gasteiger charge is -2.31. The van der Waals surface area contributed by atoms with E-state index in [4.69, 9.17) is 14.1 Å². The molecule has 0 bridgehead atoms. The molecule has 7 nitrogen and oxygen atoms in total. The fraction of sp³-hybridized carbons (Fsp3) is 0.435. The van der Waals surface area contributed by atoms with Crippen molar-refractivity contribution >= 4 is 34.6 Å². The number of aliphatic imine (C=N–C) groups is 1. The van der Waals surface area contributed by atoms with E-state index in [9.17, 15) is 9.59 Å². The Labute approximate surface area is 187 Å². The number of amides is 2. The molecule has 1 aromatic heterocycles. The number of anilines is 1. The molecule has 1 aromatic carbocycles. The summed E-state index contributed by atoms with van der Waals surface area (Å²) in [5.74, 6) is 1.87. The van der Waals surface area contributed by atoms with Crippen LogP contribution in [0.1, 0.15) is 61.6 Å². The van der Waals surface area contributed by atoms with Crippen molar-refractivity contribution in [2.75, 3.05) is 11.1 Å². The second kappa shape index (κ2) is 8.78. The van der Waals surface area contributed by atoms with E-state index in [1.807, 2.05) is 58.9 Å². The van der Waals surface area contributed by atoms with E-state index >= 15 is 0 Å². The summed E-state index contributed by atoms with van der Waals surface area (Å²) in [5.41, 5.74) is 1.04. The van der Waals surface area contributed by atoms with Gasteiger partial charge >= 0.3 is 6.09 Å². The largest absolute Gasteiger partial charge is 0.466 e. The number of rotatable bonds is 3. The number of carbonyl (C=O) groups excluding carboxylic acids is 2. The number of ether oxygens (including phenoxy) is 1. The SMILES string of the molecule is Cc1cc(C(=O)Nc2cccc([C@]3(C)CCSC(NC(=O)OC(C)(C)C)=N3)c2)c(C)o1. The van der Waals surface area contributed by atoms with E-state index in [1.165, 1.54) is 11.8 Å². The maximum atomic E-state index is 12.6. The van der Waals surface area contributed by atoms with Crippen molar-refractivity contribution in [1.82, 2.24) is 5.32 Å². The van der Waals surface area contributed by atoms with Crippen molar-refractivity contribution in [3.05, 3.63) is 53.0 Å². The minimum atomic E-state index is -0.578. The van der Waals surface area contributed by atoms with Gasteiger partial charge in [0.15, 0.2) is 5.17 Å². The molecule has 3 rings (SSSR count). The molecule has 1 aliphatic heterocycles. The molecular formula is C23H29N3O4S. The Balaban J connectivity index is 1.78. The highest BCUT2D eigenvalue weighted by Gasteiger charge is 2.31. The normalized spacial score (nSPS) is 18.8. The summed E-state index contributed by atoms with van der Waals surface area (Å²) in [6.07, 6.45) is 0.281. The maximum absolute atomic E-state index is 12.6. The van der Waals surface area contributed by atoms with Gasteiger partial charge in [0.2, 0.25) is 0 Å². The van der Waals surface area contributed by atoms with Crippen LogP contribution in [-0.2, 0) is 10.3 Å². The van der Waals surface area contributed by atoms with E-state index in [2.05, 4.69) is 10.6 Å². The molecule has 166 valence electrons. The molecule has 2 aromatic rings. The van der Waals surface area contributed by atoms with Gasteiger partial charge in [0.1, 0.15) is 17.1 Å². The van der Waals surface area contributed by atoms with E-state index in [1.54, 1.807) is 13.0 Å². The lowest BCUT2D eigenvalue weighted by Crippen LogP contribution is -2.38. The fourth-order valence-corrected chi connectivity index (χ4v) is 4.42. The second-order valence-electron chi connectivity index (χ2n) is 8.78. The average molecular weight is 444 g/mol. The monoisotopic (exact) mass is 443 g/mol. The average Bonchev–Trinajstić information content (AvgIpc) is 2.99. The van der Waals surface area contributed by atoms with Crippen molar-refractivity contribution in [2.45, 2.75) is 59.1 Å². The van der Waals surface area contributed by atoms with Gasteiger partial charge in [-0.15, -0.1) is 0 Å². The van der Waals surface area contributed by atoms with Gasteiger partial charge in [-0.05, 0) is 71.7 Å². The quantitative estimate of drug-likeness (QED) is 0.664. The highest BCUT2D eigenvalue weighted by atomic mass is 32.2. The van der Waals surface area contributed by atoms with Crippen molar-refractivity contribution in [1.29, 1.82) is 0 Å². The summed E-state index contributed by atoms with van der Waals surface area (Å²) >= 11 is 1.49. The standard InChI is InChI=1S/C23H29N3O4S/c1-14-12-18(15(2)29-14)19(27)24-17-9-7-8-16(13-17)23(6)10-11-31-20(26-23)25-21(28)30-22(3,4)5/h7-9,12-13H,10-11H2,1-6H3,(H,24,27)(H,25,26,28)/t23-/m0/s1. The van der Waals surface area contributed by atoms with Crippen LogP contribution in [0, 0.1) is 13.8 Å². The number of nitrogens with one attached hydrogen (secondary N) is 2. The van der Waals surface area contributed by atoms with Gasteiger partial charge in [-0.25, -0.2) is 4.79 Å². The van der Waals surface area contributed by atoms with Gasteiger partial charge in [-0.2, -0.15) is 0 Å². The highest BCUT2D eigenvalue weighted by Crippen LogP contribution is 2.36. The Morgan fingerprint density at radius 3 is 2.58 bits per heavy atom. The third-order valence-electron chi connectivity index (χ3n) is 4.81. The number of alkyl carbamates (subject to hydrolysis) is 1. The zero-order valence-electron chi connectivity index (χ0n) is 18.8. The van der Waals surface area contributed by atoms with Crippen LogP contribution < -0.4 is 10.6 Å². The zero-order valence-corrected chi connectivity index (χ0v) is 19.6. The molecule has 0 fully saturated rings. The number of nitrogens with zero attached hydrogens (tertiary/aromatic N) is 1. The molecule has 2 amide bonds. The molecule has 0 saturated carbocycles. The molecule has 31 heavy (non-hydrogen) atoms. The number of carbonyl (C=O) groups is 2. The van der Waals surface area contributed by atoms with Gasteiger partial charge in [0.05, 0.1) is 11.1 Å². The summed E-state index contributed by atoms with van der Waals surface area (Å²) in [6.45, 7) is 11.1. The van der Waals surface area contributed by atoms with E-state index in [0.29, 0.717) is 27.9 Å². The van der Waals surface area contributed by atoms with Gasteiger partial charge in [0, 0.05) is 11.4 Å². The minimum absolute atomic E-state index is 0.216. The Bertz CT molecular complexity index is 1020. The summed E-state index contributed by atoms with van der Waals surface area (Å²) in [7, 11) is 0. The van der Waals surface area contributed by atoms with Crippen molar-refractivity contribution < 1.29 is 18.7 Å². The maximum Gasteiger partial charge on any atom is 0.413 e. The summed E-state index contributed by atoms with van der Waals surface area (Å²) in [4.78, 5) is 29.6. The molecule has 0 saturated heterocycles. The molecule has 0 unspecified atom stereocenters. The lowest BCUT2D eigenvalue weighted by atomic mass is 9.89. The van der Waals surface area contributed by atoms with Gasteiger partial charge in [0.25, 0.3) is 5.91 Å². The molecular weight excluding hydrogens is 414 g/mol. The third kappa shape index (κ3) is 5.91. The Kier molecular flexibility index (Phi) is 6.50. The fourth-order valence-electron chi connectivity index (χ4n) is 3.31. The van der Waals surface area contributed by atoms with E-state index in [0.717, 1.165) is 17.7 Å². The first-order chi connectivity index (χ1) is 14.4. The van der Waals surface area contributed by atoms with Gasteiger partial charge in [-0.3, -0.25) is 15.1 Å². The second-order valence-corrected chi connectivity index (χ2v) is 9.86. The number of thioether (sulfide) groups is 1. The highest BCUT2D eigenvalue weighted by molar-refractivity contribution is 8.13. The smallest absolute Gasteiger partial charge is 0.413 e. The van der Waals surface area contributed by atoms with Crippen molar-refractivity contribution in [3.8, 4) is 0 Å². The topological polar surface area (TPSA) is 92.9 Å². The predicted molar refractivity (Wildman–Crippen MR) is 124 cm³/mol. The Morgan fingerprint density at radius 1 is 1.19 bits per heavy atom. The van der Waals surface area contributed by atoms with Crippen LogP contribution in [0.25, 0.3) is 0 Å². The van der Waals surface area contributed by atoms with Gasteiger partial charge < -0.3 is 14.5 Å². The molecule has 0 aliphatic carbocycles. The van der Waals surface area contributed by atoms with Crippen molar-refractivity contribution in [3.63, 3.8) is 0 Å². The van der Waals surface area contributed by atoms with Crippen LogP contribution in [0.2, 0.25) is 0 Å². The Hall–Kier alpha value is -2.74. The summed E-state index contributed by atoms with van der Waals surface area (Å²) in [5, 5.41) is 6.21. The van der Waals surface area contributed by atoms with Gasteiger partial charge in [-0.1, -0.05) is 23.9 Å². The first-order valence-electron chi connectivity index (χ1n) is 10.2. The number of amidine groups is 1. The summed E-state index contributed by atoms with van der Waals surface area (Å²) in [6, 6.07) is 9.36. The van der Waals surface area contributed by atoms with Crippen LogP contribution in [0.3, 0.4) is 0 Å². The van der Waals surface area contributed by atoms with Crippen LogP contribution in [0.5, 0.6) is 0 Å². The Morgan fingerprint density at radius 2 is 1.94 bits per heavy atom.